The molecule has 26 heavy (non-hydrogen) atoms. The highest BCUT2D eigenvalue weighted by Crippen LogP contribution is 2.39. The monoisotopic (exact) mass is 355 g/mol. The predicted molar refractivity (Wildman–Crippen MR) is 98.3 cm³/mol. The number of ether oxygens (including phenoxy) is 1. The second-order valence-electron chi connectivity index (χ2n) is 6.44. The first-order chi connectivity index (χ1) is 12.5. The lowest BCUT2D eigenvalue weighted by Crippen LogP contribution is -2.24. The van der Waals surface area contributed by atoms with Gasteiger partial charge in [-0.15, -0.1) is 0 Å². The Balaban J connectivity index is 2.07. The lowest BCUT2D eigenvalue weighted by atomic mass is 9.77. The van der Waals surface area contributed by atoms with Gasteiger partial charge in [0.1, 0.15) is 17.3 Å². The molecule has 0 radical (unpaired) electrons. The van der Waals surface area contributed by atoms with Crippen LogP contribution in [0, 0.1) is 5.82 Å². The molecule has 0 aliphatic heterocycles. The predicted octanol–water partition coefficient (Wildman–Crippen LogP) is 4.49. The number of hydrogen-bond acceptors (Lipinski definition) is 3. The van der Waals surface area contributed by atoms with Gasteiger partial charge in [-0.2, -0.15) is 0 Å². The molecule has 0 saturated heterocycles. The van der Waals surface area contributed by atoms with Crippen LogP contribution in [0.2, 0.25) is 0 Å². The molecular formula is C21H22FNO3. The van der Waals surface area contributed by atoms with E-state index in [1.807, 2.05) is 13.0 Å². The number of carbonyl (C=O) groups excluding carboxylic acids is 2. The number of carbonyl (C=O) groups is 2. The van der Waals surface area contributed by atoms with E-state index < -0.39 is 5.82 Å². The third-order valence-electron chi connectivity index (χ3n) is 4.85. The molecule has 5 heteroatoms. The summed E-state index contributed by atoms with van der Waals surface area (Å²) in [5.41, 5.74) is 2.51. The maximum atomic E-state index is 13.4. The van der Waals surface area contributed by atoms with E-state index in [2.05, 4.69) is 5.32 Å². The van der Waals surface area contributed by atoms with Crippen LogP contribution in [0.4, 0.5) is 10.1 Å². The average Bonchev–Trinajstić information content (AvgIpc) is 2.65. The van der Waals surface area contributed by atoms with Crippen molar-refractivity contribution in [3.05, 3.63) is 58.9 Å². The normalized spacial score (nSPS) is 15.9. The van der Waals surface area contributed by atoms with E-state index >= 15 is 0 Å². The summed E-state index contributed by atoms with van der Waals surface area (Å²) < 4.78 is 18.8. The van der Waals surface area contributed by atoms with E-state index in [4.69, 9.17) is 4.74 Å². The van der Waals surface area contributed by atoms with Gasteiger partial charge in [0.2, 0.25) is 0 Å². The van der Waals surface area contributed by atoms with Gasteiger partial charge in [-0.05, 0) is 54.7 Å². The van der Waals surface area contributed by atoms with Crippen molar-refractivity contribution in [3.63, 3.8) is 0 Å². The van der Waals surface area contributed by atoms with Crippen LogP contribution in [-0.4, -0.2) is 18.8 Å². The van der Waals surface area contributed by atoms with Gasteiger partial charge in [-0.1, -0.05) is 19.1 Å². The van der Waals surface area contributed by atoms with E-state index in [9.17, 15) is 14.0 Å². The van der Waals surface area contributed by atoms with Gasteiger partial charge in [-0.3, -0.25) is 9.59 Å². The summed E-state index contributed by atoms with van der Waals surface area (Å²) in [7, 11) is 1.50. The number of nitrogens with one attached hydrogen (secondary N) is 1. The second-order valence-corrected chi connectivity index (χ2v) is 6.44. The Hall–Kier alpha value is -2.69. The molecule has 1 N–H and O–H groups in total. The molecule has 0 fully saturated rings. The molecule has 1 unspecified atom stereocenters. The molecule has 0 aromatic heterocycles. The lowest BCUT2D eigenvalue weighted by Gasteiger charge is -2.27. The van der Waals surface area contributed by atoms with Gasteiger partial charge in [0.05, 0.1) is 12.7 Å². The van der Waals surface area contributed by atoms with Crippen LogP contribution in [0.25, 0.3) is 0 Å². The molecule has 2 aromatic rings. The summed E-state index contributed by atoms with van der Waals surface area (Å²) in [4.78, 5) is 25.5. The van der Waals surface area contributed by atoms with E-state index in [1.54, 1.807) is 12.1 Å². The van der Waals surface area contributed by atoms with Crippen molar-refractivity contribution in [2.75, 3.05) is 12.4 Å². The maximum Gasteiger partial charge on any atom is 0.259 e. The number of methoxy groups -OCH3 is 1. The van der Waals surface area contributed by atoms with E-state index in [0.717, 1.165) is 30.4 Å². The summed E-state index contributed by atoms with van der Waals surface area (Å²) in [5.74, 6) is -0.566. The minimum Gasteiger partial charge on any atom is -0.496 e. The van der Waals surface area contributed by atoms with Gasteiger partial charge >= 0.3 is 0 Å². The Morgan fingerprint density at radius 3 is 2.77 bits per heavy atom. The third-order valence-corrected chi connectivity index (χ3v) is 4.85. The molecule has 0 heterocycles. The van der Waals surface area contributed by atoms with Crippen LogP contribution in [0.1, 0.15) is 53.6 Å². The molecule has 1 aliphatic carbocycles. The number of aryl methyl sites for hydroxylation is 1. The first-order valence-corrected chi connectivity index (χ1v) is 8.84. The molecule has 1 aliphatic rings. The first kappa shape index (κ1) is 18.1. The minimum absolute atomic E-state index is 0.124. The first-order valence-electron chi connectivity index (χ1n) is 8.84. The number of Topliss-reactive ketones (excluding diaryl/α,β-unsaturated/α-hetero) is 1. The summed E-state index contributed by atoms with van der Waals surface area (Å²) in [6.07, 6.45) is 2.90. The molecular weight excluding hydrogens is 333 g/mol. The Morgan fingerprint density at radius 1 is 1.27 bits per heavy atom. The summed E-state index contributed by atoms with van der Waals surface area (Å²) >= 11 is 0. The van der Waals surface area contributed by atoms with Crippen molar-refractivity contribution in [3.8, 4) is 5.75 Å². The number of ketones is 1. The molecule has 4 nitrogen and oxygen atoms in total. The summed E-state index contributed by atoms with van der Waals surface area (Å²) in [6.45, 7) is 1.84. The largest absolute Gasteiger partial charge is 0.496 e. The highest BCUT2D eigenvalue weighted by atomic mass is 19.1. The van der Waals surface area contributed by atoms with Crippen LogP contribution in [0.3, 0.4) is 0 Å². The fourth-order valence-electron chi connectivity index (χ4n) is 3.63. The Kier molecular flexibility index (Phi) is 5.35. The maximum absolute atomic E-state index is 13.4. The number of rotatable bonds is 5. The number of anilines is 1. The average molecular weight is 355 g/mol. The number of amides is 1. The topological polar surface area (TPSA) is 55.4 Å². The molecule has 136 valence electrons. The standard InChI is InChI=1S/C21H22FNO3/c1-3-17(24)16-9-4-6-13-10-11-18(26-2)20(19(13)16)21(25)23-15-8-5-7-14(22)12-15/h5,7-8,10-12,16H,3-4,6,9H2,1-2H3,(H,23,25). The van der Waals surface area contributed by atoms with Crippen molar-refractivity contribution in [1.82, 2.24) is 0 Å². The fourth-order valence-corrected chi connectivity index (χ4v) is 3.63. The van der Waals surface area contributed by atoms with Crippen LogP contribution >= 0.6 is 0 Å². The minimum atomic E-state index is -0.427. The summed E-state index contributed by atoms with van der Waals surface area (Å²) in [5, 5.41) is 2.73. The SMILES string of the molecule is CCC(=O)C1CCCc2ccc(OC)c(C(=O)Nc3cccc(F)c3)c21. The molecule has 0 saturated carbocycles. The van der Waals surface area contributed by atoms with E-state index in [-0.39, 0.29) is 17.6 Å². The lowest BCUT2D eigenvalue weighted by molar-refractivity contribution is -0.120. The van der Waals surface area contributed by atoms with Crippen LogP contribution in [-0.2, 0) is 11.2 Å². The summed E-state index contributed by atoms with van der Waals surface area (Å²) in [6, 6.07) is 9.43. The van der Waals surface area contributed by atoms with Gasteiger partial charge < -0.3 is 10.1 Å². The Bertz CT molecular complexity index is 847. The molecule has 2 aromatic carbocycles. The molecule has 0 spiro atoms. The van der Waals surface area contributed by atoms with Crippen molar-refractivity contribution < 1.29 is 18.7 Å². The van der Waals surface area contributed by atoms with Gasteiger partial charge in [-0.25, -0.2) is 4.39 Å². The van der Waals surface area contributed by atoms with Crippen molar-refractivity contribution >= 4 is 17.4 Å². The number of benzene rings is 2. The van der Waals surface area contributed by atoms with Crippen LogP contribution in [0.5, 0.6) is 5.75 Å². The smallest absolute Gasteiger partial charge is 0.259 e. The van der Waals surface area contributed by atoms with Crippen molar-refractivity contribution in [2.24, 2.45) is 0 Å². The molecule has 1 amide bonds. The highest BCUT2D eigenvalue weighted by Gasteiger charge is 2.32. The zero-order chi connectivity index (χ0) is 18.7. The second kappa shape index (κ2) is 7.68. The van der Waals surface area contributed by atoms with Crippen LogP contribution < -0.4 is 10.1 Å². The number of halogens is 1. The van der Waals surface area contributed by atoms with Crippen molar-refractivity contribution in [1.29, 1.82) is 0 Å². The van der Waals surface area contributed by atoms with Crippen LogP contribution in [0.15, 0.2) is 36.4 Å². The van der Waals surface area contributed by atoms with Gasteiger partial charge in [0.25, 0.3) is 5.91 Å². The third kappa shape index (κ3) is 3.47. The Morgan fingerprint density at radius 2 is 2.08 bits per heavy atom. The number of hydrogen-bond donors (Lipinski definition) is 1. The van der Waals surface area contributed by atoms with Gasteiger partial charge in [0, 0.05) is 18.0 Å². The quantitative estimate of drug-likeness (QED) is 0.860. The molecule has 0 bridgehead atoms. The van der Waals surface area contributed by atoms with E-state index in [0.29, 0.717) is 23.4 Å². The van der Waals surface area contributed by atoms with Gasteiger partial charge in [0.15, 0.2) is 0 Å². The number of fused-ring (bicyclic) bond motifs is 1. The molecule has 3 rings (SSSR count). The zero-order valence-electron chi connectivity index (χ0n) is 15.0. The zero-order valence-corrected chi connectivity index (χ0v) is 15.0. The Labute approximate surface area is 152 Å². The van der Waals surface area contributed by atoms with E-state index in [1.165, 1.54) is 25.3 Å². The van der Waals surface area contributed by atoms with Crippen molar-refractivity contribution in [2.45, 2.75) is 38.5 Å². The fraction of sp³-hybridized carbons (Fsp3) is 0.333. The molecule has 1 atom stereocenters. The highest BCUT2D eigenvalue weighted by molar-refractivity contribution is 6.08.